The number of amides is 1. The van der Waals surface area contributed by atoms with Crippen LogP contribution in [0.3, 0.4) is 0 Å². The molecule has 1 aromatic rings. The van der Waals surface area contributed by atoms with Gasteiger partial charge in [-0.3, -0.25) is 4.79 Å². The third-order valence-electron chi connectivity index (χ3n) is 2.79. The summed E-state index contributed by atoms with van der Waals surface area (Å²) in [7, 11) is 1.84. The maximum Gasteiger partial charge on any atom is 0.226 e. The highest BCUT2D eigenvalue weighted by molar-refractivity contribution is 7.10. The minimum Gasteiger partial charge on any atom is -0.345 e. The van der Waals surface area contributed by atoms with Crippen LogP contribution in [0.2, 0.25) is 0 Å². The second-order valence-electron chi connectivity index (χ2n) is 4.17. The Bertz CT molecular complexity index is 349. The highest BCUT2D eigenvalue weighted by Gasteiger charge is 2.15. The fourth-order valence-corrected chi connectivity index (χ4v) is 2.42. The van der Waals surface area contributed by atoms with E-state index in [4.69, 9.17) is 5.73 Å². The highest BCUT2D eigenvalue weighted by Crippen LogP contribution is 2.16. The second-order valence-corrected chi connectivity index (χ2v) is 5.17. The number of hydrogen-bond donors (Lipinski definition) is 1. The zero-order chi connectivity index (χ0) is 12.1. The van der Waals surface area contributed by atoms with Crippen LogP contribution in [0.4, 0.5) is 0 Å². The Hall–Kier alpha value is -0.870. The van der Waals surface area contributed by atoms with Crippen molar-refractivity contribution in [1.82, 2.24) is 4.90 Å². The molecule has 1 rings (SSSR count). The summed E-state index contributed by atoms with van der Waals surface area (Å²) in [6.07, 6.45) is 0.934. The lowest BCUT2D eigenvalue weighted by molar-refractivity contribution is -0.133. The number of aryl methyl sites for hydroxylation is 1. The number of carbonyl (C=O) groups excluding carboxylic acids is 1. The predicted octanol–water partition coefficient (Wildman–Crippen LogP) is 1.65. The van der Waals surface area contributed by atoms with Gasteiger partial charge in [-0.05, 0) is 30.4 Å². The van der Waals surface area contributed by atoms with Crippen LogP contribution < -0.4 is 5.73 Å². The van der Waals surface area contributed by atoms with Crippen molar-refractivity contribution in [3.05, 3.63) is 21.9 Å². The van der Waals surface area contributed by atoms with E-state index in [-0.39, 0.29) is 11.8 Å². The molecule has 1 aromatic heterocycles. The summed E-state index contributed by atoms with van der Waals surface area (Å²) >= 11 is 1.75. The van der Waals surface area contributed by atoms with Crippen LogP contribution in [0, 0.1) is 12.8 Å². The van der Waals surface area contributed by atoms with Crippen molar-refractivity contribution in [2.75, 3.05) is 20.1 Å². The van der Waals surface area contributed by atoms with Gasteiger partial charge in [0.15, 0.2) is 0 Å². The maximum atomic E-state index is 11.8. The molecule has 3 nitrogen and oxygen atoms in total. The van der Waals surface area contributed by atoms with E-state index in [2.05, 4.69) is 18.4 Å². The second kappa shape index (κ2) is 6.01. The van der Waals surface area contributed by atoms with Crippen LogP contribution in [-0.2, 0) is 11.2 Å². The maximum absolute atomic E-state index is 11.8. The van der Waals surface area contributed by atoms with E-state index in [0.29, 0.717) is 6.54 Å². The number of rotatable bonds is 5. The van der Waals surface area contributed by atoms with Gasteiger partial charge in [-0.2, -0.15) is 0 Å². The molecule has 0 bridgehead atoms. The summed E-state index contributed by atoms with van der Waals surface area (Å²) in [5.41, 5.74) is 6.80. The monoisotopic (exact) mass is 240 g/mol. The number of thiophene rings is 1. The van der Waals surface area contributed by atoms with Crippen molar-refractivity contribution < 1.29 is 4.79 Å². The van der Waals surface area contributed by atoms with Crippen molar-refractivity contribution in [2.24, 2.45) is 11.7 Å². The van der Waals surface area contributed by atoms with Gasteiger partial charge in [0.2, 0.25) is 5.91 Å². The topological polar surface area (TPSA) is 46.3 Å². The van der Waals surface area contributed by atoms with Gasteiger partial charge >= 0.3 is 0 Å². The molecule has 0 fully saturated rings. The Kier molecular flexibility index (Phi) is 4.96. The summed E-state index contributed by atoms with van der Waals surface area (Å²) < 4.78 is 0. The van der Waals surface area contributed by atoms with Gasteiger partial charge in [0.1, 0.15) is 0 Å². The first-order valence-corrected chi connectivity index (χ1v) is 6.42. The molecule has 1 amide bonds. The first-order chi connectivity index (χ1) is 7.56. The van der Waals surface area contributed by atoms with Gasteiger partial charge in [0, 0.05) is 30.9 Å². The molecule has 1 unspecified atom stereocenters. The van der Waals surface area contributed by atoms with Crippen molar-refractivity contribution in [2.45, 2.75) is 20.3 Å². The number of likely N-dealkylation sites (N-methyl/N-ethyl adjacent to an activating group) is 1. The summed E-state index contributed by atoms with van der Waals surface area (Å²) in [6.45, 7) is 5.16. The molecule has 0 aliphatic carbocycles. The van der Waals surface area contributed by atoms with Gasteiger partial charge < -0.3 is 10.6 Å². The van der Waals surface area contributed by atoms with Crippen LogP contribution in [0.5, 0.6) is 0 Å². The molecule has 0 radical (unpaired) electrons. The molecule has 4 heteroatoms. The first-order valence-electron chi connectivity index (χ1n) is 5.54. The third-order valence-corrected chi connectivity index (χ3v) is 3.88. The summed E-state index contributed by atoms with van der Waals surface area (Å²) in [4.78, 5) is 14.9. The first kappa shape index (κ1) is 13.2. The number of nitrogens with two attached hydrogens (primary N) is 1. The lowest BCUT2D eigenvalue weighted by atomic mass is 10.1. The Labute approximate surface area is 101 Å². The SMILES string of the molecule is Cc1ccsc1CCN(C)C(=O)C(C)CN. The van der Waals surface area contributed by atoms with Crippen molar-refractivity contribution in [1.29, 1.82) is 0 Å². The highest BCUT2D eigenvalue weighted by atomic mass is 32.1. The lowest BCUT2D eigenvalue weighted by Crippen LogP contribution is -2.36. The summed E-state index contributed by atoms with van der Waals surface area (Å²) in [5, 5.41) is 2.09. The smallest absolute Gasteiger partial charge is 0.226 e. The molecule has 16 heavy (non-hydrogen) atoms. The van der Waals surface area contributed by atoms with Crippen LogP contribution in [0.1, 0.15) is 17.4 Å². The predicted molar refractivity (Wildman–Crippen MR) is 68.6 cm³/mol. The molecule has 2 N–H and O–H groups in total. The summed E-state index contributed by atoms with van der Waals surface area (Å²) in [6, 6.07) is 2.12. The fraction of sp³-hybridized carbons (Fsp3) is 0.583. The minimum atomic E-state index is -0.0746. The van der Waals surface area contributed by atoms with Crippen molar-refractivity contribution >= 4 is 17.2 Å². The van der Waals surface area contributed by atoms with Crippen molar-refractivity contribution in [3.63, 3.8) is 0 Å². The molecule has 0 aromatic carbocycles. The molecule has 0 aliphatic rings. The molecule has 0 saturated heterocycles. The lowest BCUT2D eigenvalue weighted by Gasteiger charge is -2.20. The van der Waals surface area contributed by atoms with Gasteiger partial charge in [-0.15, -0.1) is 11.3 Å². The Morgan fingerprint density at radius 2 is 2.31 bits per heavy atom. The van der Waals surface area contributed by atoms with Crippen molar-refractivity contribution in [3.8, 4) is 0 Å². The molecule has 0 saturated carbocycles. The zero-order valence-electron chi connectivity index (χ0n) is 10.2. The van der Waals surface area contributed by atoms with E-state index in [0.717, 1.165) is 13.0 Å². The van der Waals surface area contributed by atoms with Gasteiger partial charge in [0.25, 0.3) is 0 Å². The minimum absolute atomic E-state index is 0.0746. The molecular weight excluding hydrogens is 220 g/mol. The molecule has 1 heterocycles. The summed E-state index contributed by atoms with van der Waals surface area (Å²) in [5.74, 6) is 0.0612. The standard InChI is InChI=1S/C12H20N2OS/c1-9-5-7-16-11(9)4-6-14(3)12(15)10(2)8-13/h5,7,10H,4,6,8,13H2,1-3H3. The molecular formula is C12H20N2OS. The molecule has 1 atom stereocenters. The number of carbonyl (C=O) groups is 1. The molecule has 0 aliphatic heterocycles. The van der Waals surface area contributed by atoms with Crippen LogP contribution >= 0.6 is 11.3 Å². The van der Waals surface area contributed by atoms with E-state index < -0.39 is 0 Å². The normalized spacial score (nSPS) is 12.5. The van der Waals surface area contributed by atoms with E-state index in [9.17, 15) is 4.79 Å². The molecule has 0 spiro atoms. The zero-order valence-corrected chi connectivity index (χ0v) is 11.0. The van der Waals surface area contributed by atoms with E-state index in [1.165, 1.54) is 10.4 Å². The van der Waals surface area contributed by atoms with Crippen LogP contribution in [-0.4, -0.2) is 30.9 Å². The van der Waals surface area contributed by atoms with Gasteiger partial charge in [0.05, 0.1) is 0 Å². The average molecular weight is 240 g/mol. The van der Waals surface area contributed by atoms with Gasteiger partial charge in [-0.25, -0.2) is 0 Å². The number of nitrogens with zero attached hydrogens (tertiary/aromatic N) is 1. The largest absolute Gasteiger partial charge is 0.345 e. The Morgan fingerprint density at radius 1 is 1.62 bits per heavy atom. The third kappa shape index (κ3) is 3.32. The van der Waals surface area contributed by atoms with E-state index in [1.807, 2.05) is 14.0 Å². The van der Waals surface area contributed by atoms with Gasteiger partial charge in [-0.1, -0.05) is 6.92 Å². The average Bonchev–Trinajstić information content (AvgIpc) is 2.69. The molecule has 90 valence electrons. The van der Waals surface area contributed by atoms with Crippen LogP contribution in [0.15, 0.2) is 11.4 Å². The quantitative estimate of drug-likeness (QED) is 0.850. The van der Waals surface area contributed by atoms with E-state index in [1.54, 1.807) is 16.2 Å². The Balaban J connectivity index is 2.44. The number of hydrogen-bond acceptors (Lipinski definition) is 3. The van der Waals surface area contributed by atoms with E-state index >= 15 is 0 Å². The Morgan fingerprint density at radius 3 is 2.81 bits per heavy atom. The van der Waals surface area contributed by atoms with Crippen LogP contribution in [0.25, 0.3) is 0 Å². The fourth-order valence-electron chi connectivity index (χ4n) is 1.52.